The third-order valence-electron chi connectivity index (χ3n) is 2.39. The minimum absolute atomic E-state index is 0.201. The Kier molecular flexibility index (Phi) is 5.15. The van der Waals surface area contributed by atoms with Crippen molar-refractivity contribution in [2.24, 2.45) is 0 Å². The van der Waals surface area contributed by atoms with Crippen molar-refractivity contribution in [3.63, 3.8) is 0 Å². The summed E-state index contributed by atoms with van der Waals surface area (Å²) >= 11 is 0. The highest BCUT2D eigenvalue weighted by Gasteiger charge is 2.15. The van der Waals surface area contributed by atoms with E-state index in [1.54, 1.807) is 18.5 Å². The Morgan fingerprint density at radius 1 is 1.32 bits per heavy atom. The fraction of sp³-hybridized carbons (Fsp3) is 0.571. The monoisotopic (exact) mass is 267 g/mol. The maximum Gasteiger partial charge on any atom is 0.339 e. The molecule has 0 aliphatic carbocycles. The third-order valence-corrected chi connectivity index (χ3v) is 2.39. The van der Waals surface area contributed by atoms with Gasteiger partial charge >= 0.3 is 11.9 Å². The summed E-state index contributed by atoms with van der Waals surface area (Å²) in [7, 11) is 1.35. The molecule has 1 rings (SSSR count). The van der Waals surface area contributed by atoms with Gasteiger partial charge in [-0.25, -0.2) is 4.79 Å². The number of ether oxygens (including phenoxy) is 2. The molecule has 1 aromatic rings. The molecule has 0 spiro atoms. The molecule has 0 saturated heterocycles. The van der Waals surface area contributed by atoms with Crippen LogP contribution in [-0.2, 0) is 20.8 Å². The van der Waals surface area contributed by atoms with Crippen LogP contribution in [-0.4, -0.2) is 29.2 Å². The quantitative estimate of drug-likeness (QED) is 0.769. The molecule has 0 bridgehead atoms. The summed E-state index contributed by atoms with van der Waals surface area (Å²) in [5.41, 5.74) is 0.0718. The van der Waals surface area contributed by atoms with Gasteiger partial charge in [0.1, 0.15) is 5.60 Å². The standard InChI is InChI=1S/C14H21NO4/c1-14(2,3)19-12(16)6-5-8-15-9-7-11(10-15)13(17)18-4/h7,9-10H,5-6,8H2,1-4H3. The molecule has 19 heavy (non-hydrogen) atoms. The minimum Gasteiger partial charge on any atom is -0.465 e. The van der Waals surface area contributed by atoms with Crippen molar-refractivity contribution < 1.29 is 19.1 Å². The molecule has 106 valence electrons. The second-order valence-electron chi connectivity index (χ2n) is 5.32. The largest absolute Gasteiger partial charge is 0.465 e. The summed E-state index contributed by atoms with van der Waals surface area (Å²) < 4.78 is 11.7. The van der Waals surface area contributed by atoms with E-state index in [4.69, 9.17) is 4.74 Å². The van der Waals surface area contributed by atoms with E-state index in [0.29, 0.717) is 24.9 Å². The van der Waals surface area contributed by atoms with Crippen LogP contribution >= 0.6 is 0 Å². The number of hydrogen-bond acceptors (Lipinski definition) is 4. The number of esters is 2. The van der Waals surface area contributed by atoms with Gasteiger partial charge in [-0.2, -0.15) is 0 Å². The van der Waals surface area contributed by atoms with Crippen molar-refractivity contribution in [1.29, 1.82) is 0 Å². The number of rotatable bonds is 5. The van der Waals surface area contributed by atoms with Crippen LogP contribution in [0.5, 0.6) is 0 Å². The van der Waals surface area contributed by atoms with E-state index in [1.807, 2.05) is 25.3 Å². The highest BCUT2D eigenvalue weighted by atomic mass is 16.6. The Bertz CT molecular complexity index is 443. The Labute approximate surface area is 113 Å². The molecule has 0 atom stereocenters. The Hall–Kier alpha value is -1.78. The molecule has 5 heteroatoms. The first kappa shape index (κ1) is 15.3. The van der Waals surface area contributed by atoms with Gasteiger partial charge in [0.25, 0.3) is 0 Å². The Morgan fingerprint density at radius 3 is 2.58 bits per heavy atom. The van der Waals surface area contributed by atoms with E-state index in [1.165, 1.54) is 7.11 Å². The molecule has 0 unspecified atom stereocenters. The summed E-state index contributed by atoms with van der Waals surface area (Å²) in [5.74, 6) is -0.557. The number of aromatic nitrogens is 1. The van der Waals surface area contributed by atoms with Gasteiger partial charge in [0.2, 0.25) is 0 Å². The summed E-state index contributed by atoms with van der Waals surface area (Å²) in [6.07, 6.45) is 4.54. The average Bonchev–Trinajstić information content (AvgIpc) is 2.74. The maximum atomic E-state index is 11.5. The lowest BCUT2D eigenvalue weighted by molar-refractivity contribution is -0.154. The number of carbonyl (C=O) groups excluding carboxylic acids is 2. The summed E-state index contributed by atoms with van der Waals surface area (Å²) in [6, 6.07) is 1.69. The first-order valence-electron chi connectivity index (χ1n) is 6.28. The van der Waals surface area contributed by atoms with Gasteiger partial charge in [-0.05, 0) is 33.3 Å². The van der Waals surface area contributed by atoms with Crippen LogP contribution in [0.25, 0.3) is 0 Å². The predicted octanol–water partition coefficient (Wildman–Crippen LogP) is 2.40. The lowest BCUT2D eigenvalue weighted by Gasteiger charge is -2.19. The highest BCUT2D eigenvalue weighted by molar-refractivity contribution is 5.89. The second kappa shape index (κ2) is 6.41. The Morgan fingerprint density at radius 2 is 2.00 bits per heavy atom. The lowest BCUT2D eigenvalue weighted by Crippen LogP contribution is -2.23. The molecule has 1 heterocycles. The smallest absolute Gasteiger partial charge is 0.339 e. The molecular weight excluding hydrogens is 246 g/mol. The summed E-state index contributed by atoms with van der Waals surface area (Å²) in [6.45, 7) is 6.20. The zero-order valence-electron chi connectivity index (χ0n) is 11.9. The second-order valence-corrected chi connectivity index (χ2v) is 5.32. The fourth-order valence-electron chi connectivity index (χ4n) is 1.62. The lowest BCUT2D eigenvalue weighted by atomic mass is 10.2. The van der Waals surface area contributed by atoms with Crippen molar-refractivity contribution in [3.8, 4) is 0 Å². The van der Waals surface area contributed by atoms with Crippen molar-refractivity contribution in [3.05, 3.63) is 24.0 Å². The van der Waals surface area contributed by atoms with Gasteiger partial charge < -0.3 is 14.0 Å². The molecule has 0 radical (unpaired) electrons. The average molecular weight is 267 g/mol. The normalized spacial score (nSPS) is 11.2. The van der Waals surface area contributed by atoms with Gasteiger partial charge in [-0.15, -0.1) is 0 Å². The molecule has 0 aliphatic heterocycles. The molecule has 0 N–H and O–H groups in total. The first-order valence-corrected chi connectivity index (χ1v) is 6.28. The van der Waals surface area contributed by atoms with Crippen LogP contribution in [0, 0.1) is 0 Å². The van der Waals surface area contributed by atoms with Crippen LogP contribution < -0.4 is 0 Å². The molecule has 0 fully saturated rings. The zero-order chi connectivity index (χ0) is 14.5. The number of nitrogens with zero attached hydrogens (tertiary/aromatic N) is 1. The number of carbonyl (C=O) groups is 2. The van der Waals surface area contributed by atoms with Gasteiger partial charge in [0.15, 0.2) is 0 Å². The van der Waals surface area contributed by atoms with E-state index in [2.05, 4.69) is 4.74 Å². The zero-order valence-corrected chi connectivity index (χ0v) is 11.9. The molecule has 0 saturated carbocycles. The Balaban J connectivity index is 2.35. The first-order chi connectivity index (χ1) is 8.81. The third kappa shape index (κ3) is 5.59. The number of aryl methyl sites for hydroxylation is 1. The highest BCUT2D eigenvalue weighted by Crippen LogP contribution is 2.10. The predicted molar refractivity (Wildman–Crippen MR) is 70.9 cm³/mol. The van der Waals surface area contributed by atoms with Crippen molar-refractivity contribution in [2.75, 3.05) is 7.11 Å². The molecule has 0 amide bonds. The van der Waals surface area contributed by atoms with E-state index < -0.39 is 5.60 Å². The van der Waals surface area contributed by atoms with Gasteiger partial charge in [-0.1, -0.05) is 0 Å². The van der Waals surface area contributed by atoms with Crippen molar-refractivity contribution in [2.45, 2.75) is 45.8 Å². The number of hydrogen-bond donors (Lipinski definition) is 0. The van der Waals surface area contributed by atoms with Crippen LogP contribution in [0.15, 0.2) is 18.5 Å². The van der Waals surface area contributed by atoms with Crippen molar-refractivity contribution >= 4 is 11.9 Å². The van der Waals surface area contributed by atoms with Gasteiger partial charge in [0, 0.05) is 25.4 Å². The molecular formula is C14H21NO4. The van der Waals surface area contributed by atoms with E-state index in [0.717, 1.165) is 0 Å². The van der Waals surface area contributed by atoms with Gasteiger partial charge in [0.05, 0.1) is 12.7 Å². The summed E-state index contributed by atoms with van der Waals surface area (Å²) in [4.78, 5) is 22.8. The maximum absolute atomic E-state index is 11.5. The summed E-state index contributed by atoms with van der Waals surface area (Å²) in [5, 5.41) is 0. The molecule has 1 aromatic heterocycles. The fourth-order valence-corrected chi connectivity index (χ4v) is 1.62. The van der Waals surface area contributed by atoms with E-state index in [9.17, 15) is 9.59 Å². The van der Waals surface area contributed by atoms with Crippen molar-refractivity contribution in [1.82, 2.24) is 4.57 Å². The minimum atomic E-state index is -0.442. The van der Waals surface area contributed by atoms with Crippen LogP contribution in [0.4, 0.5) is 0 Å². The van der Waals surface area contributed by atoms with Gasteiger partial charge in [-0.3, -0.25) is 4.79 Å². The topological polar surface area (TPSA) is 57.5 Å². The molecule has 5 nitrogen and oxygen atoms in total. The number of methoxy groups -OCH3 is 1. The van der Waals surface area contributed by atoms with Crippen LogP contribution in [0.3, 0.4) is 0 Å². The van der Waals surface area contributed by atoms with E-state index >= 15 is 0 Å². The SMILES string of the molecule is COC(=O)c1ccn(CCCC(=O)OC(C)(C)C)c1. The molecule has 0 aliphatic rings. The van der Waals surface area contributed by atoms with E-state index in [-0.39, 0.29) is 11.9 Å². The van der Waals surface area contributed by atoms with Crippen LogP contribution in [0.1, 0.15) is 44.0 Å². The van der Waals surface area contributed by atoms with Crippen LogP contribution in [0.2, 0.25) is 0 Å². The molecule has 0 aromatic carbocycles.